The van der Waals surface area contributed by atoms with Crippen LogP contribution in [0.1, 0.15) is 28.4 Å². The van der Waals surface area contributed by atoms with E-state index >= 15 is 0 Å². The Hall–Kier alpha value is -2.90. The van der Waals surface area contributed by atoms with Crippen LogP contribution in [0.5, 0.6) is 11.5 Å². The Morgan fingerprint density at radius 2 is 1.76 bits per heavy atom. The van der Waals surface area contributed by atoms with Crippen LogP contribution in [-0.2, 0) is 11.3 Å². The van der Waals surface area contributed by atoms with Gasteiger partial charge in [0.1, 0.15) is 31.1 Å². The van der Waals surface area contributed by atoms with Gasteiger partial charge in [0, 0.05) is 11.1 Å². The van der Waals surface area contributed by atoms with Crippen LogP contribution in [0.3, 0.4) is 0 Å². The molecule has 0 unspecified atom stereocenters. The molecule has 1 heterocycles. The van der Waals surface area contributed by atoms with Crippen molar-refractivity contribution < 1.29 is 23.9 Å². The minimum atomic E-state index is -0.265. The van der Waals surface area contributed by atoms with E-state index in [2.05, 4.69) is 16.6 Å². The second-order valence-corrected chi connectivity index (χ2v) is 6.93. The van der Waals surface area contributed by atoms with Gasteiger partial charge >= 0.3 is 0 Å². The summed E-state index contributed by atoms with van der Waals surface area (Å²) in [5, 5.41) is 4.27. The highest BCUT2D eigenvalue weighted by Gasteiger charge is 2.17. The number of quaternary nitrogens is 1. The van der Waals surface area contributed by atoms with Crippen LogP contribution in [0.15, 0.2) is 47.6 Å². The molecule has 0 saturated carbocycles. The SMILES string of the molecule is COc1ccc(C(=O)N/N=C(/C)c2ccc(OC)c(C[NH+]3CCOCC3)c2)cc1. The number of amides is 1. The molecule has 0 bridgehead atoms. The molecule has 7 heteroatoms. The Kier molecular flexibility index (Phi) is 7.21. The average molecular weight is 398 g/mol. The van der Waals surface area contributed by atoms with Gasteiger partial charge in [-0.2, -0.15) is 5.10 Å². The normalized spacial score (nSPS) is 15.1. The van der Waals surface area contributed by atoms with Crippen molar-refractivity contribution in [1.82, 2.24) is 5.43 Å². The number of hydrogen-bond acceptors (Lipinski definition) is 5. The summed E-state index contributed by atoms with van der Waals surface area (Å²) in [7, 11) is 3.27. The van der Waals surface area contributed by atoms with E-state index in [0.717, 1.165) is 55.4 Å². The number of benzene rings is 2. The molecule has 2 aromatic rings. The molecule has 3 rings (SSSR count). The Morgan fingerprint density at radius 1 is 1.07 bits per heavy atom. The van der Waals surface area contributed by atoms with Crippen LogP contribution in [0, 0.1) is 0 Å². The summed E-state index contributed by atoms with van der Waals surface area (Å²) in [6.45, 7) is 6.29. The number of methoxy groups -OCH3 is 2. The van der Waals surface area contributed by atoms with Crippen molar-refractivity contribution in [3.05, 3.63) is 59.2 Å². The summed E-state index contributed by atoms with van der Waals surface area (Å²) in [6, 6.07) is 12.9. The molecule has 29 heavy (non-hydrogen) atoms. The summed E-state index contributed by atoms with van der Waals surface area (Å²) >= 11 is 0. The number of ether oxygens (including phenoxy) is 3. The molecule has 1 aliphatic rings. The lowest BCUT2D eigenvalue weighted by atomic mass is 10.1. The van der Waals surface area contributed by atoms with Crippen molar-refractivity contribution in [2.45, 2.75) is 13.5 Å². The summed E-state index contributed by atoms with van der Waals surface area (Å²) in [6.07, 6.45) is 0. The first-order valence-corrected chi connectivity index (χ1v) is 9.68. The number of nitrogens with one attached hydrogen (secondary N) is 2. The van der Waals surface area contributed by atoms with E-state index in [9.17, 15) is 4.79 Å². The van der Waals surface area contributed by atoms with Crippen molar-refractivity contribution in [2.75, 3.05) is 40.5 Å². The molecule has 154 valence electrons. The monoisotopic (exact) mass is 398 g/mol. The fourth-order valence-corrected chi connectivity index (χ4v) is 3.25. The van der Waals surface area contributed by atoms with Crippen molar-refractivity contribution >= 4 is 11.6 Å². The predicted octanol–water partition coefficient (Wildman–Crippen LogP) is 1.27. The number of carbonyl (C=O) groups is 1. The lowest BCUT2D eigenvalue weighted by Crippen LogP contribution is -3.12. The molecule has 2 aromatic carbocycles. The fourth-order valence-electron chi connectivity index (χ4n) is 3.25. The highest BCUT2D eigenvalue weighted by atomic mass is 16.5. The van der Waals surface area contributed by atoms with Gasteiger partial charge in [-0.05, 0) is 55.0 Å². The molecule has 0 atom stereocenters. The largest absolute Gasteiger partial charge is 0.497 e. The molecule has 1 fully saturated rings. The first-order chi connectivity index (χ1) is 14.1. The Labute approximate surface area is 171 Å². The maximum Gasteiger partial charge on any atom is 0.271 e. The van der Waals surface area contributed by atoms with Crippen molar-refractivity contribution in [3.63, 3.8) is 0 Å². The molecule has 2 N–H and O–H groups in total. The number of hydrogen-bond donors (Lipinski definition) is 2. The van der Waals surface area contributed by atoms with Gasteiger partial charge in [-0.1, -0.05) is 0 Å². The average Bonchev–Trinajstić information content (AvgIpc) is 2.78. The zero-order valence-electron chi connectivity index (χ0n) is 17.2. The van der Waals surface area contributed by atoms with Crippen molar-refractivity contribution in [1.29, 1.82) is 0 Å². The molecule has 0 aliphatic carbocycles. The van der Waals surface area contributed by atoms with Crippen LogP contribution in [0.4, 0.5) is 0 Å². The van der Waals surface area contributed by atoms with Gasteiger partial charge in [-0.3, -0.25) is 4.79 Å². The summed E-state index contributed by atoms with van der Waals surface area (Å²) in [4.78, 5) is 13.8. The van der Waals surface area contributed by atoms with Crippen molar-refractivity contribution in [2.24, 2.45) is 5.10 Å². The van der Waals surface area contributed by atoms with Gasteiger partial charge in [0.15, 0.2) is 0 Å². The number of nitrogens with zero attached hydrogens (tertiary/aromatic N) is 1. The van der Waals surface area contributed by atoms with Crippen LogP contribution >= 0.6 is 0 Å². The van der Waals surface area contributed by atoms with E-state index in [1.165, 1.54) is 4.90 Å². The van der Waals surface area contributed by atoms with E-state index in [-0.39, 0.29) is 5.91 Å². The summed E-state index contributed by atoms with van der Waals surface area (Å²) < 4.78 is 16.1. The highest BCUT2D eigenvalue weighted by molar-refractivity contribution is 6.01. The van der Waals surface area contributed by atoms with Gasteiger partial charge < -0.3 is 19.1 Å². The third kappa shape index (κ3) is 5.56. The van der Waals surface area contributed by atoms with Crippen molar-refractivity contribution in [3.8, 4) is 11.5 Å². The maximum absolute atomic E-state index is 12.3. The predicted molar refractivity (Wildman–Crippen MR) is 111 cm³/mol. The Balaban J connectivity index is 1.70. The van der Waals surface area contributed by atoms with Crippen LogP contribution < -0.4 is 19.8 Å². The molecule has 7 nitrogen and oxygen atoms in total. The quantitative estimate of drug-likeness (QED) is 0.544. The standard InChI is InChI=1S/C22H27N3O4/c1-16(23-24-22(26)17-4-7-20(27-2)8-5-17)18-6-9-21(28-3)19(14-18)15-25-10-12-29-13-11-25/h4-9,14H,10-13,15H2,1-3H3,(H,24,26)/p+1/b23-16-. The number of morpholine rings is 1. The Bertz CT molecular complexity index is 859. The summed E-state index contributed by atoms with van der Waals surface area (Å²) in [5.41, 5.74) is 5.94. The topological polar surface area (TPSA) is 73.6 Å². The first-order valence-electron chi connectivity index (χ1n) is 9.68. The second kappa shape index (κ2) is 10.0. The smallest absolute Gasteiger partial charge is 0.271 e. The zero-order valence-corrected chi connectivity index (χ0v) is 17.2. The van der Waals surface area contributed by atoms with E-state index < -0.39 is 0 Å². The third-order valence-electron chi connectivity index (χ3n) is 5.02. The van der Waals surface area contributed by atoms with Gasteiger partial charge in [0.2, 0.25) is 0 Å². The zero-order chi connectivity index (χ0) is 20.6. The third-order valence-corrected chi connectivity index (χ3v) is 5.02. The second-order valence-electron chi connectivity index (χ2n) is 6.93. The molecule has 1 aliphatic heterocycles. The number of carbonyl (C=O) groups excluding carboxylic acids is 1. The minimum Gasteiger partial charge on any atom is -0.497 e. The molecular formula is C22H28N3O4+. The number of hydrazone groups is 1. The van der Waals surface area contributed by atoms with Crippen LogP contribution in [0.2, 0.25) is 0 Å². The van der Waals surface area contributed by atoms with E-state index in [4.69, 9.17) is 14.2 Å². The molecule has 0 spiro atoms. The maximum atomic E-state index is 12.3. The van der Waals surface area contributed by atoms with Gasteiger partial charge in [0.05, 0.1) is 33.1 Å². The minimum absolute atomic E-state index is 0.265. The molecular weight excluding hydrogens is 370 g/mol. The van der Waals surface area contributed by atoms with E-state index in [1.54, 1.807) is 38.5 Å². The van der Waals surface area contributed by atoms with E-state index in [1.807, 2.05) is 19.1 Å². The molecule has 1 saturated heterocycles. The van der Waals surface area contributed by atoms with E-state index in [0.29, 0.717) is 11.3 Å². The molecule has 1 amide bonds. The lowest BCUT2D eigenvalue weighted by molar-refractivity contribution is -0.921. The molecule has 0 radical (unpaired) electrons. The fraction of sp³-hybridized carbons (Fsp3) is 0.364. The van der Waals surface area contributed by atoms with Gasteiger partial charge in [-0.25, -0.2) is 5.43 Å². The number of rotatable bonds is 7. The van der Waals surface area contributed by atoms with Gasteiger partial charge in [-0.15, -0.1) is 0 Å². The highest BCUT2D eigenvalue weighted by Crippen LogP contribution is 2.20. The van der Waals surface area contributed by atoms with Crippen LogP contribution in [-0.4, -0.2) is 52.1 Å². The van der Waals surface area contributed by atoms with Crippen LogP contribution in [0.25, 0.3) is 0 Å². The Morgan fingerprint density at radius 3 is 2.41 bits per heavy atom. The van der Waals surface area contributed by atoms with Gasteiger partial charge in [0.25, 0.3) is 5.91 Å². The lowest BCUT2D eigenvalue weighted by Gasteiger charge is -2.24. The molecule has 0 aromatic heterocycles. The summed E-state index contributed by atoms with van der Waals surface area (Å²) in [5.74, 6) is 1.30. The first kappa shape index (κ1) is 20.8.